The van der Waals surface area contributed by atoms with Gasteiger partial charge in [-0.15, -0.1) is 0 Å². The molecule has 0 heterocycles. The molecule has 0 amide bonds. The molecule has 0 fully saturated rings. The first kappa shape index (κ1) is 26.8. The molecule has 25 heavy (non-hydrogen) atoms. The minimum Gasteiger partial charge on any atom is -0.393 e. The van der Waals surface area contributed by atoms with Gasteiger partial charge in [0.05, 0.1) is 9.85 Å². The van der Waals surface area contributed by atoms with Crippen molar-refractivity contribution in [3.05, 3.63) is 74.6 Å². The number of anilines is 1. The fraction of sp³-hybridized carbons (Fsp3) is 0.250. The first-order valence-electron chi connectivity index (χ1n) is 7.31. The SMILES string of the molecule is CC.CC.N.Nc1ccccc1[N+](=O)[O-].O=[N+]([O-])c1ccccc1F. The summed E-state index contributed by atoms with van der Waals surface area (Å²) < 4.78 is 12.4. The molecule has 2 aromatic rings. The van der Waals surface area contributed by atoms with E-state index in [1.54, 1.807) is 12.1 Å². The largest absolute Gasteiger partial charge is 0.393 e. The number of rotatable bonds is 2. The van der Waals surface area contributed by atoms with Gasteiger partial charge in [0, 0.05) is 12.1 Å². The van der Waals surface area contributed by atoms with Crippen molar-refractivity contribution in [2.75, 3.05) is 5.73 Å². The fourth-order valence-electron chi connectivity index (χ4n) is 1.25. The van der Waals surface area contributed by atoms with Gasteiger partial charge in [-0.2, -0.15) is 4.39 Å². The molecule has 0 saturated carbocycles. The predicted molar refractivity (Wildman–Crippen MR) is 98.3 cm³/mol. The van der Waals surface area contributed by atoms with Crippen LogP contribution < -0.4 is 11.9 Å². The molecule has 0 unspecified atom stereocenters. The van der Waals surface area contributed by atoms with Crippen molar-refractivity contribution in [3.63, 3.8) is 0 Å². The summed E-state index contributed by atoms with van der Waals surface area (Å²) in [5.74, 6) is -0.799. The van der Waals surface area contributed by atoms with Gasteiger partial charge >= 0.3 is 5.69 Å². The molecule has 140 valence electrons. The lowest BCUT2D eigenvalue weighted by Crippen LogP contribution is -1.93. The van der Waals surface area contributed by atoms with E-state index in [9.17, 15) is 24.6 Å². The van der Waals surface area contributed by atoms with Crippen molar-refractivity contribution in [2.24, 2.45) is 0 Å². The maximum atomic E-state index is 12.4. The van der Waals surface area contributed by atoms with Gasteiger partial charge in [-0.1, -0.05) is 52.0 Å². The standard InChI is InChI=1S/C6H4FNO2.C6H6N2O2.2C2H6.H3N/c2*7-5-3-1-2-4-6(5)8(9)10;2*1-2;/h1-4H;1-4H,7H2;2*1-2H3;1H3. The highest BCUT2D eigenvalue weighted by atomic mass is 19.1. The first-order valence-corrected chi connectivity index (χ1v) is 7.31. The van der Waals surface area contributed by atoms with Crippen LogP contribution in [0, 0.1) is 26.0 Å². The lowest BCUT2D eigenvalue weighted by molar-refractivity contribution is -0.387. The van der Waals surface area contributed by atoms with Gasteiger partial charge in [-0.05, 0) is 12.1 Å². The Kier molecular flexibility index (Phi) is 17.0. The molecule has 5 N–H and O–H groups in total. The summed E-state index contributed by atoms with van der Waals surface area (Å²) in [6, 6.07) is 11.1. The number of hydrogen-bond acceptors (Lipinski definition) is 6. The summed E-state index contributed by atoms with van der Waals surface area (Å²) in [6.45, 7) is 8.00. The third-order valence-corrected chi connectivity index (χ3v) is 2.18. The van der Waals surface area contributed by atoms with Crippen molar-refractivity contribution in [1.29, 1.82) is 0 Å². The minimum absolute atomic E-state index is 0. The molecule has 0 saturated heterocycles. The molecule has 0 bridgehead atoms. The van der Waals surface area contributed by atoms with Gasteiger partial charge in [-0.25, -0.2) is 0 Å². The zero-order valence-electron chi connectivity index (χ0n) is 14.8. The molecule has 0 spiro atoms. The van der Waals surface area contributed by atoms with Crippen LogP contribution >= 0.6 is 0 Å². The number of hydrogen-bond donors (Lipinski definition) is 2. The lowest BCUT2D eigenvalue weighted by atomic mass is 10.3. The summed E-state index contributed by atoms with van der Waals surface area (Å²) in [5.41, 5.74) is 4.96. The summed E-state index contributed by atoms with van der Waals surface area (Å²) >= 11 is 0. The molecule has 2 aromatic carbocycles. The van der Waals surface area contributed by atoms with E-state index in [-0.39, 0.29) is 17.5 Å². The average Bonchev–Trinajstić information content (AvgIpc) is 2.59. The topological polar surface area (TPSA) is 147 Å². The van der Waals surface area contributed by atoms with Gasteiger partial charge in [0.1, 0.15) is 5.69 Å². The Morgan fingerprint density at radius 3 is 1.44 bits per heavy atom. The second-order valence-corrected chi connectivity index (χ2v) is 3.52. The van der Waals surface area contributed by atoms with Crippen molar-refractivity contribution in [1.82, 2.24) is 6.15 Å². The first-order chi connectivity index (χ1) is 11.4. The van der Waals surface area contributed by atoms with Gasteiger partial charge in [-0.3, -0.25) is 20.2 Å². The van der Waals surface area contributed by atoms with Crippen molar-refractivity contribution < 1.29 is 14.2 Å². The molecular formula is C16H25FN4O4. The zero-order valence-corrected chi connectivity index (χ0v) is 14.8. The van der Waals surface area contributed by atoms with Gasteiger partial charge in [0.25, 0.3) is 5.69 Å². The van der Waals surface area contributed by atoms with Crippen LogP contribution in [0.3, 0.4) is 0 Å². The van der Waals surface area contributed by atoms with E-state index in [1.807, 2.05) is 27.7 Å². The molecule has 9 heteroatoms. The highest BCUT2D eigenvalue weighted by Crippen LogP contribution is 2.18. The third-order valence-electron chi connectivity index (χ3n) is 2.18. The number of nitro benzene ring substituents is 2. The second-order valence-electron chi connectivity index (χ2n) is 3.52. The van der Waals surface area contributed by atoms with E-state index < -0.39 is 21.4 Å². The zero-order chi connectivity index (χ0) is 19.1. The van der Waals surface area contributed by atoms with E-state index >= 15 is 0 Å². The number of benzene rings is 2. The Bertz CT molecular complexity index is 584. The van der Waals surface area contributed by atoms with Crippen LogP contribution in [-0.2, 0) is 0 Å². The normalized spacial score (nSPS) is 7.88. The summed E-state index contributed by atoms with van der Waals surface area (Å²) in [5, 5.41) is 20.1. The van der Waals surface area contributed by atoms with E-state index in [0.29, 0.717) is 0 Å². The Morgan fingerprint density at radius 1 is 0.800 bits per heavy atom. The molecule has 0 aliphatic rings. The van der Waals surface area contributed by atoms with Crippen molar-refractivity contribution >= 4 is 17.1 Å². The van der Waals surface area contributed by atoms with Crippen LogP contribution in [0.1, 0.15) is 27.7 Å². The summed E-state index contributed by atoms with van der Waals surface area (Å²) in [4.78, 5) is 18.9. The van der Waals surface area contributed by atoms with Crippen LogP contribution in [0.2, 0.25) is 0 Å². The monoisotopic (exact) mass is 356 g/mol. The highest BCUT2D eigenvalue weighted by molar-refractivity contribution is 5.57. The van der Waals surface area contributed by atoms with Crippen LogP contribution in [0.4, 0.5) is 21.5 Å². The van der Waals surface area contributed by atoms with Crippen LogP contribution in [0.15, 0.2) is 48.5 Å². The second kappa shape index (κ2) is 15.8. The van der Waals surface area contributed by atoms with Crippen molar-refractivity contribution in [3.8, 4) is 0 Å². The lowest BCUT2D eigenvalue weighted by Gasteiger charge is -1.92. The maximum absolute atomic E-state index is 12.4. The number of para-hydroxylation sites is 3. The summed E-state index contributed by atoms with van der Waals surface area (Å²) in [7, 11) is 0. The molecule has 0 aliphatic heterocycles. The minimum atomic E-state index is -0.799. The number of halogens is 1. The number of nitrogens with zero attached hydrogens (tertiary/aromatic N) is 2. The van der Waals surface area contributed by atoms with Crippen molar-refractivity contribution in [2.45, 2.75) is 27.7 Å². The van der Waals surface area contributed by atoms with E-state index in [4.69, 9.17) is 5.73 Å². The number of nitrogen functional groups attached to an aromatic ring is 1. The van der Waals surface area contributed by atoms with E-state index in [0.717, 1.165) is 12.1 Å². The fourth-order valence-corrected chi connectivity index (χ4v) is 1.25. The summed E-state index contributed by atoms with van der Waals surface area (Å²) in [6.07, 6.45) is 0. The molecule has 2 rings (SSSR count). The molecule has 0 atom stereocenters. The van der Waals surface area contributed by atoms with Gasteiger partial charge < -0.3 is 11.9 Å². The van der Waals surface area contributed by atoms with E-state index in [2.05, 4.69) is 0 Å². The molecule has 0 aromatic heterocycles. The quantitative estimate of drug-likeness (QED) is 0.433. The predicted octanol–water partition coefficient (Wildman–Crippen LogP) is 5.13. The highest BCUT2D eigenvalue weighted by Gasteiger charge is 2.10. The number of nitrogens with two attached hydrogens (primary N) is 1. The molecule has 0 radical (unpaired) electrons. The van der Waals surface area contributed by atoms with Crippen LogP contribution in [-0.4, -0.2) is 9.85 Å². The molecular weight excluding hydrogens is 331 g/mol. The van der Waals surface area contributed by atoms with Crippen LogP contribution in [0.5, 0.6) is 0 Å². The average molecular weight is 356 g/mol. The van der Waals surface area contributed by atoms with Crippen LogP contribution in [0.25, 0.3) is 0 Å². The Hall–Kier alpha value is -3.07. The number of nitro groups is 2. The maximum Gasteiger partial charge on any atom is 0.304 e. The van der Waals surface area contributed by atoms with E-state index in [1.165, 1.54) is 24.3 Å². The van der Waals surface area contributed by atoms with Gasteiger partial charge in [0.15, 0.2) is 0 Å². The molecule has 0 aliphatic carbocycles. The van der Waals surface area contributed by atoms with Gasteiger partial charge in [0.2, 0.25) is 5.82 Å². The Morgan fingerprint density at radius 2 is 1.16 bits per heavy atom. The third kappa shape index (κ3) is 10.3. The smallest absolute Gasteiger partial charge is 0.304 e. The Labute approximate surface area is 146 Å². The molecule has 8 nitrogen and oxygen atoms in total. The Balaban J connectivity index is -0.000000312.